The number of fused-ring (bicyclic) bond motifs is 2. The second-order valence-corrected chi connectivity index (χ2v) is 7.77. The van der Waals surface area contributed by atoms with Gasteiger partial charge < -0.3 is 19.2 Å². The average Bonchev–Trinajstić information content (AvgIpc) is 3.35. The maximum atomic E-state index is 12.9. The van der Waals surface area contributed by atoms with Gasteiger partial charge in [0.1, 0.15) is 11.3 Å². The van der Waals surface area contributed by atoms with Crippen LogP contribution in [0.15, 0.2) is 42.9 Å². The summed E-state index contributed by atoms with van der Waals surface area (Å²) in [7, 11) is 1.96. The molecule has 1 N–H and O–H groups in total. The maximum absolute atomic E-state index is 12.9. The quantitative estimate of drug-likeness (QED) is 0.565. The number of aromatic nitrogens is 5. The lowest BCUT2D eigenvalue weighted by atomic mass is 10.1. The Kier molecular flexibility index (Phi) is 4.71. The molecule has 8 heteroatoms. The zero-order valence-corrected chi connectivity index (χ0v) is 17.1. The Morgan fingerprint density at radius 2 is 2.00 bits per heavy atom. The molecule has 1 aliphatic rings. The predicted octanol–water partition coefficient (Wildman–Crippen LogP) is 3.16. The summed E-state index contributed by atoms with van der Waals surface area (Å²) in [6.07, 6.45) is 5.34. The monoisotopic (exact) mass is 404 g/mol. The van der Waals surface area contributed by atoms with Crippen molar-refractivity contribution in [3.8, 4) is 0 Å². The topological polar surface area (TPSA) is 86.9 Å². The predicted molar refractivity (Wildman–Crippen MR) is 113 cm³/mol. The first-order valence-electron chi connectivity index (χ1n) is 10.2. The molecule has 1 fully saturated rings. The van der Waals surface area contributed by atoms with Gasteiger partial charge in [-0.3, -0.25) is 4.79 Å². The van der Waals surface area contributed by atoms with Gasteiger partial charge in [-0.05, 0) is 38.0 Å². The highest BCUT2D eigenvalue weighted by molar-refractivity contribution is 5.96. The smallest absolute Gasteiger partial charge is 0.253 e. The zero-order chi connectivity index (χ0) is 20.7. The highest BCUT2D eigenvalue weighted by atomic mass is 16.5. The molecule has 3 aromatic heterocycles. The number of rotatable bonds is 4. The molecule has 0 radical (unpaired) electrons. The second kappa shape index (κ2) is 7.53. The largest absolute Gasteiger partial charge is 0.381 e. The van der Waals surface area contributed by atoms with Crippen LogP contribution < -0.4 is 5.32 Å². The number of pyridine rings is 1. The number of nitrogens with one attached hydrogen (secondary N) is 1. The van der Waals surface area contributed by atoms with Crippen LogP contribution in [0.2, 0.25) is 0 Å². The third-order valence-corrected chi connectivity index (χ3v) is 5.82. The average molecular weight is 404 g/mol. The van der Waals surface area contributed by atoms with Crippen molar-refractivity contribution >= 4 is 28.1 Å². The van der Waals surface area contributed by atoms with Gasteiger partial charge in [0.15, 0.2) is 5.65 Å². The van der Waals surface area contributed by atoms with Crippen LogP contribution in [0.3, 0.4) is 0 Å². The van der Waals surface area contributed by atoms with Crippen molar-refractivity contribution in [3.05, 3.63) is 54.2 Å². The summed E-state index contributed by atoms with van der Waals surface area (Å²) >= 11 is 0. The first-order chi connectivity index (χ1) is 14.6. The van der Waals surface area contributed by atoms with Crippen LogP contribution in [0.1, 0.15) is 48.0 Å². The van der Waals surface area contributed by atoms with Gasteiger partial charge in [0.05, 0.1) is 29.0 Å². The molecule has 0 saturated carbocycles. The molecule has 4 heterocycles. The van der Waals surface area contributed by atoms with Crippen molar-refractivity contribution in [1.29, 1.82) is 0 Å². The van der Waals surface area contributed by atoms with Crippen molar-refractivity contribution in [1.82, 2.24) is 29.4 Å². The van der Waals surface area contributed by atoms with E-state index in [1.165, 1.54) is 0 Å². The molecule has 154 valence electrons. The van der Waals surface area contributed by atoms with E-state index in [4.69, 9.17) is 4.74 Å². The summed E-state index contributed by atoms with van der Waals surface area (Å²) in [4.78, 5) is 26.6. The van der Waals surface area contributed by atoms with Gasteiger partial charge in [-0.25, -0.2) is 15.0 Å². The lowest BCUT2D eigenvalue weighted by Crippen LogP contribution is -2.28. The lowest BCUT2D eigenvalue weighted by molar-refractivity contribution is 0.0704. The SMILES string of the molecule is CC(NC(=O)c1cnc2c(c1)ncn2C1CCOCC1)c1nc2ccccc2n1C. The van der Waals surface area contributed by atoms with E-state index < -0.39 is 0 Å². The summed E-state index contributed by atoms with van der Waals surface area (Å²) in [6, 6.07) is 9.83. The van der Waals surface area contributed by atoms with E-state index in [1.807, 2.05) is 49.1 Å². The number of carbonyl (C=O) groups excluding carboxylic acids is 1. The maximum Gasteiger partial charge on any atom is 0.253 e. The van der Waals surface area contributed by atoms with Crippen molar-refractivity contribution in [2.75, 3.05) is 13.2 Å². The highest BCUT2D eigenvalue weighted by Crippen LogP contribution is 2.25. The molecule has 1 aliphatic heterocycles. The molecule has 8 nitrogen and oxygen atoms in total. The number of ether oxygens (including phenoxy) is 1. The third kappa shape index (κ3) is 3.23. The zero-order valence-electron chi connectivity index (χ0n) is 17.1. The minimum absolute atomic E-state index is 0.190. The van der Waals surface area contributed by atoms with Crippen LogP contribution in [-0.2, 0) is 11.8 Å². The number of hydrogen-bond acceptors (Lipinski definition) is 5. The Hall–Kier alpha value is -3.26. The van der Waals surface area contributed by atoms with E-state index in [0.717, 1.165) is 54.1 Å². The molecular weight excluding hydrogens is 380 g/mol. The van der Waals surface area contributed by atoms with Gasteiger partial charge in [0.25, 0.3) is 5.91 Å². The molecule has 1 unspecified atom stereocenters. The van der Waals surface area contributed by atoms with Gasteiger partial charge in [0.2, 0.25) is 0 Å². The second-order valence-electron chi connectivity index (χ2n) is 7.77. The van der Waals surface area contributed by atoms with E-state index in [0.29, 0.717) is 11.6 Å². The molecular formula is C22H24N6O2. The van der Waals surface area contributed by atoms with Crippen LogP contribution in [0.4, 0.5) is 0 Å². The number of amides is 1. The molecule has 1 atom stereocenters. The molecule has 1 amide bonds. The van der Waals surface area contributed by atoms with Crippen molar-refractivity contribution in [3.63, 3.8) is 0 Å². The van der Waals surface area contributed by atoms with Crippen LogP contribution in [0, 0.1) is 0 Å². The number of hydrogen-bond donors (Lipinski definition) is 1. The standard InChI is InChI=1S/C22H24N6O2/c1-14(20-26-17-5-3-4-6-19(17)27(20)2)25-22(29)15-11-18-21(23-12-15)28(13-24-18)16-7-9-30-10-8-16/h3-6,11-14,16H,7-10H2,1-2H3,(H,25,29). The van der Waals surface area contributed by atoms with Crippen LogP contribution in [-0.4, -0.2) is 43.2 Å². The van der Waals surface area contributed by atoms with Crippen molar-refractivity contribution in [2.45, 2.75) is 31.8 Å². The Morgan fingerprint density at radius 1 is 1.20 bits per heavy atom. The Morgan fingerprint density at radius 3 is 2.80 bits per heavy atom. The summed E-state index contributed by atoms with van der Waals surface area (Å²) in [5, 5.41) is 3.04. The van der Waals surface area contributed by atoms with Gasteiger partial charge in [-0.1, -0.05) is 12.1 Å². The summed E-state index contributed by atoms with van der Waals surface area (Å²) in [6.45, 7) is 3.45. The minimum atomic E-state index is -0.245. The molecule has 1 saturated heterocycles. The van der Waals surface area contributed by atoms with Crippen molar-refractivity contribution in [2.24, 2.45) is 7.05 Å². The van der Waals surface area contributed by atoms with Gasteiger partial charge in [-0.2, -0.15) is 0 Å². The number of nitrogens with zero attached hydrogens (tertiary/aromatic N) is 5. The number of aryl methyl sites for hydroxylation is 1. The van der Waals surface area contributed by atoms with Gasteiger partial charge >= 0.3 is 0 Å². The fourth-order valence-electron chi connectivity index (χ4n) is 4.17. The van der Waals surface area contributed by atoms with Gasteiger partial charge in [-0.15, -0.1) is 0 Å². The van der Waals surface area contributed by atoms with Crippen LogP contribution >= 0.6 is 0 Å². The Balaban J connectivity index is 1.37. The van der Waals surface area contributed by atoms with Gasteiger partial charge in [0, 0.05) is 32.5 Å². The molecule has 1 aromatic carbocycles. The van der Waals surface area contributed by atoms with Crippen LogP contribution in [0.5, 0.6) is 0 Å². The highest BCUT2D eigenvalue weighted by Gasteiger charge is 2.21. The van der Waals surface area contributed by atoms with E-state index in [2.05, 4.69) is 24.8 Å². The van der Waals surface area contributed by atoms with Crippen molar-refractivity contribution < 1.29 is 9.53 Å². The molecule has 0 bridgehead atoms. The molecule has 0 aliphatic carbocycles. The van der Waals surface area contributed by atoms with E-state index in [9.17, 15) is 4.79 Å². The summed E-state index contributed by atoms with van der Waals surface area (Å²) in [5.41, 5.74) is 3.98. The molecule has 5 rings (SSSR count). The number of carbonyl (C=O) groups is 1. The fourth-order valence-corrected chi connectivity index (χ4v) is 4.17. The number of para-hydroxylation sites is 2. The fraction of sp³-hybridized carbons (Fsp3) is 0.364. The van der Waals surface area contributed by atoms with Crippen LogP contribution in [0.25, 0.3) is 22.2 Å². The summed E-state index contributed by atoms with van der Waals surface area (Å²) < 4.78 is 9.56. The normalized spacial score (nSPS) is 16.2. The third-order valence-electron chi connectivity index (χ3n) is 5.82. The lowest BCUT2D eigenvalue weighted by Gasteiger charge is -2.23. The molecule has 30 heavy (non-hydrogen) atoms. The summed E-state index contributed by atoms with van der Waals surface area (Å²) in [5.74, 6) is 0.618. The number of benzene rings is 1. The van der Waals surface area contributed by atoms with E-state index in [1.54, 1.807) is 12.3 Å². The Bertz CT molecular complexity index is 1220. The molecule has 0 spiro atoms. The first-order valence-corrected chi connectivity index (χ1v) is 10.2. The minimum Gasteiger partial charge on any atom is -0.381 e. The first kappa shape index (κ1) is 18.7. The number of imidazole rings is 2. The molecule has 4 aromatic rings. The van der Waals surface area contributed by atoms with E-state index >= 15 is 0 Å². The van der Waals surface area contributed by atoms with E-state index in [-0.39, 0.29) is 11.9 Å². The Labute approximate surface area is 173 Å².